The van der Waals surface area contributed by atoms with Crippen molar-refractivity contribution in [3.8, 4) is 0 Å². The van der Waals surface area contributed by atoms with Crippen molar-refractivity contribution in [2.24, 2.45) is 34.5 Å². The number of allylic oxidation sites excluding steroid dienone is 1. The predicted octanol–water partition coefficient (Wildman–Crippen LogP) is 3.73. The fourth-order valence-corrected chi connectivity index (χ4v) is 7.63. The molecule has 192 valence electrons. The van der Waals surface area contributed by atoms with Gasteiger partial charge in [0.25, 0.3) is 0 Å². The van der Waals surface area contributed by atoms with Gasteiger partial charge in [0.1, 0.15) is 6.10 Å². The Hall–Kier alpha value is -2.54. The Labute approximate surface area is 212 Å². The van der Waals surface area contributed by atoms with Crippen LogP contribution in [0.25, 0.3) is 6.08 Å². The van der Waals surface area contributed by atoms with E-state index in [1.165, 1.54) is 13.2 Å². The minimum absolute atomic E-state index is 0.00372. The van der Waals surface area contributed by atoms with E-state index < -0.39 is 35.1 Å². The molecule has 8 atom stereocenters. The summed E-state index contributed by atoms with van der Waals surface area (Å²) in [5.74, 6) is -0.969. The number of Topliss-reactive ketones (excluding diaryl/α,β-unsaturated/α-hetero) is 1. The van der Waals surface area contributed by atoms with E-state index in [0.717, 1.165) is 12.0 Å². The Balaban J connectivity index is 1.57. The zero-order valence-electron chi connectivity index (χ0n) is 21.6. The molecule has 0 saturated heterocycles. The normalized spacial score (nSPS) is 40.5. The number of esters is 1. The van der Waals surface area contributed by atoms with Crippen molar-refractivity contribution in [1.29, 1.82) is 0 Å². The Morgan fingerprint density at radius 3 is 2.58 bits per heavy atom. The molecule has 2 saturated carbocycles. The third-order valence-electron chi connectivity index (χ3n) is 9.47. The third-order valence-corrected chi connectivity index (χ3v) is 9.47. The number of benzene rings is 1. The first-order valence-electron chi connectivity index (χ1n) is 12.8. The van der Waals surface area contributed by atoms with Crippen LogP contribution in [0.3, 0.4) is 0 Å². The van der Waals surface area contributed by atoms with Crippen molar-refractivity contribution in [2.75, 3.05) is 13.7 Å². The average Bonchev–Trinajstić information content (AvgIpc) is 3.33. The molecule has 2 bridgehead atoms. The summed E-state index contributed by atoms with van der Waals surface area (Å²) in [6.07, 6.45) is 4.71. The van der Waals surface area contributed by atoms with Gasteiger partial charge in [-0.1, -0.05) is 63.3 Å². The molecule has 2 fully saturated rings. The van der Waals surface area contributed by atoms with Gasteiger partial charge in [-0.05, 0) is 59.3 Å². The lowest BCUT2D eigenvalue weighted by molar-refractivity contribution is -0.201. The van der Waals surface area contributed by atoms with Crippen LogP contribution in [0.4, 0.5) is 0 Å². The lowest BCUT2D eigenvalue weighted by atomic mass is 9.59. The summed E-state index contributed by atoms with van der Waals surface area (Å²) in [4.78, 5) is 27.3. The number of methoxy groups -OCH3 is 1. The highest BCUT2D eigenvalue weighted by Crippen LogP contribution is 2.71. The Morgan fingerprint density at radius 1 is 1.22 bits per heavy atom. The van der Waals surface area contributed by atoms with Gasteiger partial charge < -0.3 is 19.7 Å². The summed E-state index contributed by atoms with van der Waals surface area (Å²) in [7, 11) is 1.52. The molecule has 2 N–H and O–H groups in total. The van der Waals surface area contributed by atoms with Gasteiger partial charge in [-0.25, -0.2) is 4.79 Å². The molecule has 1 spiro atoms. The maximum atomic E-state index is 14.4. The van der Waals surface area contributed by atoms with Gasteiger partial charge in [0.05, 0.1) is 12.0 Å². The van der Waals surface area contributed by atoms with Crippen LogP contribution in [-0.4, -0.2) is 53.5 Å². The van der Waals surface area contributed by atoms with Crippen LogP contribution < -0.4 is 0 Å². The molecule has 0 amide bonds. The zero-order chi connectivity index (χ0) is 26.0. The molecule has 1 aromatic carbocycles. The number of fused-ring (bicyclic) bond motifs is 3. The SMILES string of the molecule is COCC1=C[C@@H]2C(=O)[C@]3(C=C(C)[C@H](OC(=O)/C=C/c4ccccc4)[C@@]3(O)[C@@H]1O)[C@H](C)C[C@@H]1[C@H]2C1(C)C. The van der Waals surface area contributed by atoms with Gasteiger partial charge in [0, 0.05) is 19.1 Å². The third kappa shape index (κ3) is 3.34. The van der Waals surface area contributed by atoms with E-state index in [1.807, 2.05) is 43.3 Å². The fraction of sp³-hybridized carbons (Fsp3) is 0.533. The summed E-state index contributed by atoms with van der Waals surface area (Å²) < 4.78 is 11.2. The molecule has 0 radical (unpaired) electrons. The van der Waals surface area contributed by atoms with Crippen LogP contribution in [0.15, 0.2) is 59.7 Å². The molecule has 4 aliphatic rings. The number of hydrogen-bond donors (Lipinski definition) is 2. The van der Waals surface area contributed by atoms with Crippen LogP contribution in [0.5, 0.6) is 0 Å². The first-order chi connectivity index (χ1) is 17.0. The second-order valence-electron chi connectivity index (χ2n) is 11.7. The first kappa shape index (κ1) is 25.1. The largest absolute Gasteiger partial charge is 0.451 e. The molecule has 36 heavy (non-hydrogen) atoms. The molecule has 5 rings (SSSR count). The molecular weight excluding hydrogens is 456 g/mol. The number of aliphatic hydroxyl groups excluding tert-OH is 1. The summed E-state index contributed by atoms with van der Waals surface area (Å²) >= 11 is 0. The second-order valence-corrected chi connectivity index (χ2v) is 11.7. The molecule has 6 nitrogen and oxygen atoms in total. The van der Waals surface area contributed by atoms with Gasteiger partial charge in [0.15, 0.2) is 17.5 Å². The van der Waals surface area contributed by atoms with Crippen LogP contribution in [0.1, 0.15) is 39.7 Å². The number of hydrogen-bond acceptors (Lipinski definition) is 6. The fourth-order valence-electron chi connectivity index (χ4n) is 7.63. The summed E-state index contributed by atoms with van der Waals surface area (Å²) in [5, 5.41) is 24.2. The van der Waals surface area contributed by atoms with Gasteiger partial charge in [-0.2, -0.15) is 0 Å². The average molecular weight is 493 g/mol. The van der Waals surface area contributed by atoms with Gasteiger partial charge in [-0.3, -0.25) is 4.79 Å². The van der Waals surface area contributed by atoms with Crippen molar-refractivity contribution in [3.05, 3.63) is 65.3 Å². The molecular formula is C30H36O6. The number of ketones is 1. The van der Waals surface area contributed by atoms with Crippen LogP contribution in [-0.2, 0) is 19.1 Å². The smallest absolute Gasteiger partial charge is 0.331 e. The predicted molar refractivity (Wildman–Crippen MR) is 136 cm³/mol. The van der Waals surface area contributed by atoms with Crippen molar-refractivity contribution < 1.29 is 29.3 Å². The van der Waals surface area contributed by atoms with Crippen LogP contribution in [0, 0.1) is 34.5 Å². The van der Waals surface area contributed by atoms with E-state index in [9.17, 15) is 19.8 Å². The summed E-state index contributed by atoms with van der Waals surface area (Å²) in [6, 6.07) is 9.35. The lowest BCUT2D eigenvalue weighted by Gasteiger charge is -2.48. The van der Waals surface area contributed by atoms with E-state index >= 15 is 0 Å². The van der Waals surface area contributed by atoms with E-state index in [0.29, 0.717) is 17.1 Å². The van der Waals surface area contributed by atoms with Gasteiger partial charge in [0.2, 0.25) is 0 Å². The summed E-state index contributed by atoms with van der Waals surface area (Å²) in [6.45, 7) is 8.20. The Bertz CT molecular complexity index is 1160. The molecule has 0 aromatic heterocycles. The van der Waals surface area contributed by atoms with Crippen LogP contribution >= 0.6 is 0 Å². The van der Waals surface area contributed by atoms with Crippen molar-refractivity contribution in [3.63, 3.8) is 0 Å². The zero-order valence-corrected chi connectivity index (χ0v) is 21.6. The van der Waals surface area contributed by atoms with E-state index in [-0.39, 0.29) is 29.6 Å². The van der Waals surface area contributed by atoms with Gasteiger partial charge >= 0.3 is 5.97 Å². The minimum atomic E-state index is -2.04. The van der Waals surface area contributed by atoms with E-state index in [4.69, 9.17) is 9.47 Å². The number of ether oxygens (including phenoxy) is 2. The molecule has 6 heteroatoms. The Morgan fingerprint density at radius 2 is 1.92 bits per heavy atom. The molecule has 0 aliphatic heterocycles. The summed E-state index contributed by atoms with van der Waals surface area (Å²) in [5.41, 5.74) is -1.54. The molecule has 4 aliphatic carbocycles. The van der Waals surface area contributed by atoms with Crippen molar-refractivity contribution >= 4 is 17.8 Å². The molecule has 0 heterocycles. The Kier molecular flexibility index (Phi) is 5.94. The van der Waals surface area contributed by atoms with Gasteiger partial charge in [-0.15, -0.1) is 0 Å². The highest BCUT2D eigenvalue weighted by atomic mass is 16.6. The quantitative estimate of drug-likeness (QED) is 0.370. The molecule has 0 unspecified atom stereocenters. The van der Waals surface area contributed by atoms with Crippen LogP contribution in [0.2, 0.25) is 0 Å². The monoisotopic (exact) mass is 492 g/mol. The maximum absolute atomic E-state index is 14.4. The highest BCUT2D eigenvalue weighted by Gasteiger charge is 2.76. The minimum Gasteiger partial charge on any atom is -0.451 e. The number of aliphatic hydroxyl groups is 2. The maximum Gasteiger partial charge on any atom is 0.331 e. The van der Waals surface area contributed by atoms with E-state index in [1.54, 1.807) is 19.1 Å². The topological polar surface area (TPSA) is 93.1 Å². The number of carbonyl (C=O) groups is 2. The number of rotatable bonds is 5. The standard InChI is InChI=1S/C30H36O6/c1-17-15-29-18(2)13-22-24(28(22,3)4)21(26(29)33)14-20(16-35-5)25(32)30(29,34)27(17)36-23(31)12-11-19-9-7-6-8-10-19/h6-12,14-15,18,21-22,24-25,27,32,34H,13,16H2,1-5H3/b12-11+/t18-,21+,22-,24+,25-,27+,29+,30+/m1/s1. The molecule has 1 aromatic rings. The van der Waals surface area contributed by atoms with E-state index in [2.05, 4.69) is 13.8 Å². The first-order valence-corrected chi connectivity index (χ1v) is 12.8. The second kappa shape index (κ2) is 8.51. The van der Waals surface area contributed by atoms with Crippen molar-refractivity contribution in [1.82, 2.24) is 0 Å². The number of carbonyl (C=O) groups excluding carboxylic acids is 2. The highest BCUT2D eigenvalue weighted by molar-refractivity contribution is 5.95. The lowest BCUT2D eigenvalue weighted by Crippen LogP contribution is -2.65. The van der Waals surface area contributed by atoms with Crippen molar-refractivity contribution in [2.45, 2.75) is 51.9 Å².